The molecule has 16 N–H and O–H groups in total. The van der Waals surface area contributed by atoms with Crippen LogP contribution in [0.15, 0.2) is 48.6 Å². The van der Waals surface area contributed by atoms with Gasteiger partial charge in [-0.2, -0.15) is 0 Å². The summed E-state index contributed by atoms with van der Waals surface area (Å²) in [5.74, 6) is -12.4. The number of hydrogen-bond donors (Lipinski definition) is 15. The fourth-order valence-corrected chi connectivity index (χ4v) is 21.2. The standard InChI is InChI=1S/C81H113N13O23/c1-8-77(112)34-44-35-80(75(110)115-6,63-48(24-29-91(36-44)42-77)47-19-13-14-20-51(47)83-63)50-32-49-58(33-60(50)114-5)90(4)73-79(49)26-30-92-27-16-25-78(9-2,72(79)92)74(81(73,113)76(111)116-7)117-71(109)57-21-15-28-93(57)70(108)56(41-98)88-66(104)53(38-95)85-64(102)52(22-23-61(82)101)84-69(107)62(45-17-11-10-12-18-45)89-67(105)55(40-97)86-65(103)54(39-96)87-68(106)59-31-46(100)37-94(59)43(3)99/h13-14,16,19-20,25,32-33,44-46,52-57,59,62,72-74,83,95-98,100,112-113H,8-12,15,17-18,21-24,26-31,34-42H2,1-7H3,(H2,82,101)(H,84,107)(H,85,102)(H,86,103)(H,87,106)(H,88,104)(H,89,105)/t44-,46?,52-,53-,54-,55-,56+,57-,59+,62?,72?,73?,74+,77-,78+,79?,80-,81-/m0/s1. The second-order valence-corrected chi connectivity index (χ2v) is 33.2. The molecule has 1 aromatic heterocycles. The smallest absolute Gasteiger partial charge is 0.344 e. The number of carbonyl (C=O) groups excluding carboxylic acids is 12. The zero-order valence-electron chi connectivity index (χ0n) is 67.3. The number of aliphatic hydroxyl groups is 7. The summed E-state index contributed by atoms with van der Waals surface area (Å²) in [5, 5.41) is 94.1. The van der Waals surface area contributed by atoms with Crippen molar-refractivity contribution < 1.29 is 112 Å². The Balaban J connectivity index is 0.784. The van der Waals surface area contributed by atoms with Gasteiger partial charge < -0.3 is 112 Å². The van der Waals surface area contributed by atoms with Crippen molar-refractivity contribution in [3.63, 3.8) is 0 Å². The molecule has 4 saturated heterocycles. The number of likely N-dealkylation sites (tertiary alicyclic amines) is 2. The molecule has 12 rings (SSSR count). The summed E-state index contributed by atoms with van der Waals surface area (Å²) in [5.41, 5.74) is 1.42. The molecule has 19 atom stereocenters. The molecule has 117 heavy (non-hydrogen) atoms. The molecule has 2 saturated carbocycles. The van der Waals surface area contributed by atoms with Crippen molar-refractivity contribution in [2.75, 3.05) is 106 Å². The number of amides is 9. The highest BCUT2D eigenvalue weighted by atomic mass is 16.6. The van der Waals surface area contributed by atoms with E-state index in [1.54, 1.807) is 11.9 Å². The molecule has 1 spiro atoms. The lowest BCUT2D eigenvalue weighted by molar-refractivity contribution is -0.231. The monoisotopic (exact) mass is 1640 g/mol. The lowest BCUT2D eigenvalue weighted by Crippen LogP contribution is -2.81. The van der Waals surface area contributed by atoms with Gasteiger partial charge in [0.25, 0.3) is 0 Å². The fourth-order valence-electron chi connectivity index (χ4n) is 21.2. The van der Waals surface area contributed by atoms with Gasteiger partial charge in [-0.05, 0) is 112 Å². The second-order valence-electron chi connectivity index (χ2n) is 33.2. The third-order valence-electron chi connectivity index (χ3n) is 26.6. The number of nitrogens with one attached hydrogen (secondary N) is 7. The van der Waals surface area contributed by atoms with Gasteiger partial charge in [-0.1, -0.05) is 63.5 Å². The predicted octanol–water partition coefficient (Wildman–Crippen LogP) is -3.33. The molecule has 6 unspecified atom stereocenters. The predicted molar refractivity (Wildman–Crippen MR) is 416 cm³/mol. The van der Waals surface area contributed by atoms with Crippen LogP contribution in [-0.4, -0.2) is 316 Å². The second kappa shape index (κ2) is 35.3. The molecule has 2 bridgehead atoms. The number of hydrogen-bond acceptors (Lipinski definition) is 26. The van der Waals surface area contributed by atoms with Crippen LogP contribution in [0.5, 0.6) is 5.75 Å². The first-order valence-electron chi connectivity index (χ1n) is 40.7. The number of β-amino-alcohol motifs (C(OH)–C–C–N with tert-alkyl or cyclic N) is 1. The Bertz CT molecular complexity index is 4350. The summed E-state index contributed by atoms with van der Waals surface area (Å²) in [6.45, 7) is 2.84. The van der Waals surface area contributed by atoms with Gasteiger partial charge in [-0.3, -0.25) is 57.7 Å². The molecule has 3 aromatic rings. The van der Waals surface area contributed by atoms with Crippen molar-refractivity contribution in [2.24, 2.45) is 23.0 Å². The molecule has 9 aliphatic rings. The summed E-state index contributed by atoms with van der Waals surface area (Å²) < 4.78 is 24.9. The molecule has 2 aliphatic carbocycles. The van der Waals surface area contributed by atoms with E-state index in [-0.39, 0.29) is 51.1 Å². The Hall–Kier alpha value is -9.40. The topological polar surface area (TPSA) is 514 Å². The molecule has 36 heteroatoms. The Morgan fingerprint density at radius 1 is 0.684 bits per heavy atom. The van der Waals surface area contributed by atoms with Gasteiger partial charge in [0, 0.05) is 117 Å². The van der Waals surface area contributed by atoms with Crippen molar-refractivity contribution in [3.05, 3.63) is 70.9 Å². The van der Waals surface area contributed by atoms with Crippen LogP contribution in [0.1, 0.15) is 139 Å². The Kier molecular flexibility index (Phi) is 26.2. The average molecular weight is 1640 g/mol. The van der Waals surface area contributed by atoms with Gasteiger partial charge in [-0.15, -0.1) is 0 Å². The SMILES string of the molecule is CC[C@]1(O)C[C@@H]2CN(CCc3c([nH]c4ccccc34)[C@@](C(=O)OC)(c3cc4c(cc3OC)N(C)C3C45CCN4CC=C[C@](CC)(C45)[C@@H](OC(=O)[C@@H]4CCCN4C(=O)[C@@H](CO)NC(=O)[C@H](CO)NC(=O)[C@H](CCC(N)=O)NC(=O)C(NC(=O)[C@H](CO)NC(=O)[C@H](CO)NC(=O)[C@H]4CC(O)CN4C(C)=O)C4CCCCC4)[C@]3(O)C(=O)OC)C2)C1. The lowest BCUT2D eigenvalue weighted by atomic mass is 9.47. The van der Waals surface area contributed by atoms with E-state index >= 15 is 14.4 Å². The first kappa shape index (κ1) is 86.9. The summed E-state index contributed by atoms with van der Waals surface area (Å²) in [4.78, 5) is 182. The van der Waals surface area contributed by atoms with E-state index < -0.39 is 216 Å². The van der Waals surface area contributed by atoms with Crippen LogP contribution in [0.3, 0.4) is 0 Å². The number of nitrogens with zero attached hydrogens (tertiary/aromatic N) is 5. The first-order valence-corrected chi connectivity index (χ1v) is 40.7. The van der Waals surface area contributed by atoms with E-state index in [1.807, 2.05) is 62.4 Å². The number of ether oxygens (including phenoxy) is 4. The number of aliphatic hydroxyl groups excluding tert-OH is 5. The number of para-hydroxylation sites is 1. The Morgan fingerprint density at radius 3 is 1.96 bits per heavy atom. The Labute approximate surface area is 676 Å². The molecule has 0 radical (unpaired) electrons. The van der Waals surface area contributed by atoms with Crippen LogP contribution in [0.25, 0.3) is 10.9 Å². The number of fused-ring (bicyclic) bond motifs is 6. The Morgan fingerprint density at radius 2 is 1.32 bits per heavy atom. The van der Waals surface area contributed by atoms with Crippen LogP contribution in [-0.2, 0) is 89.0 Å². The van der Waals surface area contributed by atoms with Crippen LogP contribution in [0.4, 0.5) is 5.69 Å². The third-order valence-corrected chi connectivity index (χ3v) is 26.6. The minimum Gasteiger partial charge on any atom is -0.496 e. The first-order chi connectivity index (χ1) is 55.8. The number of benzene rings is 2. The van der Waals surface area contributed by atoms with E-state index in [0.717, 1.165) is 39.8 Å². The maximum Gasteiger partial charge on any atom is 0.344 e. The number of aromatic amines is 1. The van der Waals surface area contributed by atoms with Crippen LogP contribution >= 0.6 is 0 Å². The van der Waals surface area contributed by atoms with Crippen molar-refractivity contribution in [1.82, 2.24) is 56.5 Å². The normalized spacial score (nSPS) is 30.0. The van der Waals surface area contributed by atoms with Crippen molar-refractivity contribution in [1.29, 1.82) is 0 Å². The van der Waals surface area contributed by atoms with Crippen LogP contribution < -0.4 is 47.3 Å². The summed E-state index contributed by atoms with van der Waals surface area (Å²) in [6, 6.07) is -3.51. The number of methoxy groups -OCH3 is 3. The molecule has 7 aliphatic heterocycles. The van der Waals surface area contributed by atoms with Crippen molar-refractivity contribution >= 4 is 87.7 Å². The van der Waals surface area contributed by atoms with Gasteiger partial charge in [0.2, 0.25) is 58.8 Å². The maximum atomic E-state index is 15.8. The van der Waals surface area contributed by atoms with Gasteiger partial charge in [-0.25, -0.2) is 9.59 Å². The summed E-state index contributed by atoms with van der Waals surface area (Å²) in [7, 11) is 5.72. The number of H-pyrrole nitrogens is 1. The van der Waals surface area contributed by atoms with Crippen LogP contribution in [0, 0.1) is 17.3 Å². The van der Waals surface area contributed by atoms with Gasteiger partial charge >= 0.3 is 17.9 Å². The highest BCUT2D eigenvalue weighted by Crippen LogP contribution is 2.68. The molecule has 36 nitrogen and oxygen atoms in total. The largest absolute Gasteiger partial charge is 0.496 e. The number of primary amides is 1. The molecular weight excluding hydrogens is 1520 g/mol. The third kappa shape index (κ3) is 15.8. The van der Waals surface area contributed by atoms with Crippen LogP contribution in [0.2, 0.25) is 0 Å². The molecule has 8 heterocycles. The van der Waals surface area contributed by atoms with Gasteiger partial charge in [0.05, 0.1) is 65.5 Å². The maximum absolute atomic E-state index is 15.8. The van der Waals surface area contributed by atoms with E-state index in [1.165, 1.54) is 21.1 Å². The number of aromatic nitrogens is 1. The molecule has 9 amide bonds. The highest BCUT2D eigenvalue weighted by Gasteiger charge is 2.81. The molecule has 640 valence electrons. The number of rotatable bonds is 29. The average Bonchev–Trinajstić information content (AvgIpc) is 1.51. The molecule has 2 aromatic carbocycles. The quantitative estimate of drug-likeness (QED) is 0.0184. The fraction of sp³-hybridized carbons (Fsp3) is 0.654. The highest BCUT2D eigenvalue weighted by molar-refractivity contribution is 6.00. The van der Waals surface area contributed by atoms with E-state index in [0.29, 0.717) is 112 Å². The van der Waals surface area contributed by atoms with Crippen molar-refractivity contribution in [3.8, 4) is 5.75 Å². The van der Waals surface area contributed by atoms with E-state index in [2.05, 4.69) is 46.7 Å². The number of esters is 3. The number of carbonyl (C=O) groups is 12. The minimum absolute atomic E-state index is 0.0379. The molecular formula is C81H113N13O23. The van der Waals surface area contributed by atoms with E-state index in [9.17, 15) is 78.9 Å². The zero-order chi connectivity index (χ0) is 84.5. The number of piperidine rings is 1. The van der Waals surface area contributed by atoms with Gasteiger partial charge in [0.15, 0.2) is 6.10 Å². The summed E-state index contributed by atoms with van der Waals surface area (Å²) in [6.07, 6.45) is 4.66. The van der Waals surface area contributed by atoms with E-state index in [4.69, 9.17) is 24.7 Å². The lowest BCUT2D eigenvalue weighted by Gasteiger charge is -2.63. The van der Waals surface area contributed by atoms with Crippen molar-refractivity contribution in [2.45, 2.75) is 218 Å². The number of anilines is 1. The number of nitrogens with two attached hydrogens (primary N) is 1. The summed E-state index contributed by atoms with van der Waals surface area (Å²) >= 11 is 0. The minimum atomic E-state index is -2.74. The van der Waals surface area contributed by atoms with Gasteiger partial charge in [0.1, 0.15) is 59.5 Å². The molecule has 6 fully saturated rings. The zero-order valence-corrected chi connectivity index (χ0v) is 67.3. The number of likely N-dealkylation sites (N-methyl/N-ethyl adjacent to an activating group) is 1.